The molecule has 0 aliphatic carbocycles. The summed E-state index contributed by atoms with van der Waals surface area (Å²) in [6.07, 6.45) is 0. The van der Waals surface area contributed by atoms with Gasteiger partial charge >= 0.3 is 0 Å². The van der Waals surface area contributed by atoms with Crippen molar-refractivity contribution in [3.05, 3.63) is 82.3 Å². The molecular weight excluding hydrogens is 459 g/mol. The molecule has 9 heteroatoms. The number of methoxy groups -OCH3 is 1. The van der Waals surface area contributed by atoms with Crippen molar-refractivity contribution in [2.45, 2.75) is 11.8 Å². The number of anilines is 2. The second-order valence-corrected chi connectivity index (χ2v) is 9.44. The number of halogens is 2. The monoisotopic (exact) mass is 478 g/mol. The summed E-state index contributed by atoms with van der Waals surface area (Å²) in [4.78, 5) is 12.9. The number of carbonyl (C=O) groups excluding carboxylic acids is 1. The molecule has 0 radical (unpaired) electrons. The zero-order valence-corrected chi connectivity index (χ0v) is 19.1. The van der Waals surface area contributed by atoms with Crippen LogP contribution in [0.3, 0.4) is 0 Å². The molecule has 6 nitrogen and oxygen atoms in total. The third-order valence-electron chi connectivity index (χ3n) is 4.38. The first-order valence-electron chi connectivity index (χ1n) is 9.19. The predicted octanol–water partition coefficient (Wildman–Crippen LogP) is 5.14. The Balaban J connectivity index is 1.99. The highest BCUT2D eigenvalue weighted by Crippen LogP contribution is 2.30. The number of benzene rings is 3. The van der Waals surface area contributed by atoms with E-state index in [0.29, 0.717) is 11.4 Å². The number of hydrogen-bond donors (Lipinski definition) is 1. The first kappa shape index (κ1) is 22.9. The number of amides is 1. The lowest BCUT2D eigenvalue weighted by Gasteiger charge is -2.24. The average Bonchev–Trinajstić information content (AvgIpc) is 2.72. The third-order valence-corrected chi connectivity index (χ3v) is 6.61. The van der Waals surface area contributed by atoms with Crippen LogP contribution in [0, 0.1) is 6.92 Å². The highest BCUT2D eigenvalue weighted by molar-refractivity contribution is 7.92. The molecular formula is C22H20Cl2N2O4S. The number of rotatable bonds is 7. The summed E-state index contributed by atoms with van der Waals surface area (Å²) < 4.78 is 33.0. The smallest absolute Gasteiger partial charge is 0.264 e. The van der Waals surface area contributed by atoms with Crippen molar-refractivity contribution in [1.82, 2.24) is 0 Å². The van der Waals surface area contributed by atoms with Crippen LogP contribution in [0.15, 0.2) is 71.6 Å². The Morgan fingerprint density at radius 2 is 1.65 bits per heavy atom. The van der Waals surface area contributed by atoms with Crippen LogP contribution in [0.25, 0.3) is 0 Å². The van der Waals surface area contributed by atoms with Crippen molar-refractivity contribution in [3.63, 3.8) is 0 Å². The lowest BCUT2D eigenvalue weighted by Crippen LogP contribution is -2.38. The Labute approximate surface area is 191 Å². The van der Waals surface area contributed by atoms with Crippen LogP contribution in [-0.2, 0) is 14.8 Å². The van der Waals surface area contributed by atoms with E-state index >= 15 is 0 Å². The molecule has 162 valence electrons. The van der Waals surface area contributed by atoms with Gasteiger partial charge in [0.2, 0.25) is 5.91 Å². The zero-order valence-electron chi connectivity index (χ0n) is 16.8. The Kier molecular flexibility index (Phi) is 7.10. The maximum Gasteiger partial charge on any atom is 0.264 e. The van der Waals surface area contributed by atoms with Crippen LogP contribution in [-0.4, -0.2) is 28.0 Å². The molecule has 0 aromatic heterocycles. The number of nitrogens with zero attached hydrogens (tertiary/aromatic N) is 1. The summed E-state index contributed by atoms with van der Waals surface area (Å²) in [6.45, 7) is 1.38. The van der Waals surface area contributed by atoms with Crippen LogP contribution in [0.4, 0.5) is 11.4 Å². The van der Waals surface area contributed by atoms with Gasteiger partial charge < -0.3 is 10.1 Å². The standard InChI is InChI=1S/C22H20Cl2N2O4S/c1-15-8-9-21(30-2)20(10-15)25-22(27)14-26(18-12-16(23)11-17(24)13-18)31(28,29)19-6-4-3-5-7-19/h3-13H,14H2,1-2H3,(H,25,27). The van der Waals surface area contributed by atoms with Gasteiger partial charge in [-0.05, 0) is 55.0 Å². The largest absolute Gasteiger partial charge is 0.495 e. The molecule has 0 unspecified atom stereocenters. The van der Waals surface area contributed by atoms with E-state index in [1.165, 1.54) is 37.4 Å². The van der Waals surface area contributed by atoms with E-state index in [-0.39, 0.29) is 20.6 Å². The molecule has 0 aliphatic heterocycles. The SMILES string of the molecule is COc1ccc(C)cc1NC(=O)CN(c1cc(Cl)cc(Cl)c1)S(=O)(=O)c1ccccc1. The van der Waals surface area contributed by atoms with Gasteiger partial charge in [0, 0.05) is 10.0 Å². The molecule has 0 bridgehead atoms. The second-order valence-electron chi connectivity index (χ2n) is 6.70. The van der Waals surface area contributed by atoms with Crippen molar-refractivity contribution < 1.29 is 17.9 Å². The van der Waals surface area contributed by atoms with Crippen molar-refractivity contribution in [3.8, 4) is 5.75 Å². The molecule has 0 atom stereocenters. The molecule has 0 spiro atoms. The van der Waals surface area contributed by atoms with Gasteiger partial charge in [0.05, 0.1) is 23.4 Å². The summed E-state index contributed by atoms with van der Waals surface area (Å²) >= 11 is 12.2. The Morgan fingerprint density at radius 1 is 1.00 bits per heavy atom. The van der Waals surface area contributed by atoms with Gasteiger partial charge in [0.1, 0.15) is 12.3 Å². The molecule has 0 saturated heterocycles. The summed E-state index contributed by atoms with van der Waals surface area (Å²) in [5.41, 5.74) is 1.52. The molecule has 0 fully saturated rings. The minimum Gasteiger partial charge on any atom is -0.495 e. The average molecular weight is 479 g/mol. The number of sulfonamides is 1. The fourth-order valence-electron chi connectivity index (χ4n) is 2.96. The van der Waals surface area contributed by atoms with E-state index in [1.807, 2.05) is 13.0 Å². The fraction of sp³-hybridized carbons (Fsp3) is 0.136. The molecule has 0 aliphatic rings. The molecule has 3 rings (SSSR count). The lowest BCUT2D eigenvalue weighted by atomic mass is 10.2. The molecule has 0 heterocycles. The van der Waals surface area contributed by atoms with Crippen LogP contribution in [0.5, 0.6) is 5.75 Å². The third kappa shape index (κ3) is 5.50. The number of aryl methyl sites for hydroxylation is 1. The first-order chi connectivity index (χ1) is 14.7. The maximum absolute atomic E-state index is 13.4. The Morgan fingerprint density at radius 3 is 2.26 bits per heavy atom. The number of hydrogen-bond acceptors (Lipinski definition) is 4. The molecule has 1 N–H and O–H groups in total. The van der Waals surface area contributed by atoms with Gasteiger partial charge in [0.25, 0.3) is 10.0 Å². The normalized spacial score (nSPS) is 11.1. The topological polar surface area (TPSA) is 75.7 Å². The number of nitrogens with one attached hydrogen (secondary N) is 1. The van der Waals surface area contributed by atoms with Crippen LogP contribution in [0.2, 0.25) is 10.0 Å². The van der Waals surface area contributed by atoms with Gasteiger partial charge in [-0.2, -0.15) is 0 Å². The Bertz CT molecular complexity index is 1180. The quantitative estimate of drug-likeness (QED) is 0.509. The van der Waals surface area contributed by atoms with Gasteiger partial charge in [-0.3, -0.25) is 9.10 Å². The molecule has 0 saturated carbocycles. The van der Waals surface area contributed by atoms with Crippen LogP contribution >= 0.6 is 23.2 Å². The summed E-state index contributed by atoms with van der Waals surface area (Å²) in [7, 11) is -2.59. The van der Waals surface area contributed by atoms with Crippen molar-refractivity contribution in [2.75, 3.05) is 23.3 Å². The van der Waals surface area contributed by atoms with E-state index in [0.717, 1.165) is 9.87 Å². The van der Waals surface area contributed by atoms with E-state index in [4.69, 9.17) is 27.9 Å². The molecule has 1 amide bonds. The van der Waals surface area contributed by atoms with Crippen molar-refractivity contribution >= 4 is 50.5 Å². The highest BCUT2D eigenvalue weighted by Gasteiger charge is 2.28. The van der Waals surface area contributed by atoms with Crippen LogP contribution in [0.1, 0.15) is 5.56 Å². The number of ether oxygens (including phenoxy) is 1. The minimum absolute atomic E-state index is 0.0343. The molecule has 3 aromatic rings. The highest BCUT2D eigenvalue weighted by atomic mass is 35.5. The lowest BCUT2D eigenvalue weighted by molar-refractivity contribution is -0.114. The van der Waals surface area contributed by atoms with E-state index in [2.05, 4.69) is 5.32 Å². The minimum atomic E-state index is -4.07. The van der Waals surface area contributed by atoms with Gasteiger partial charge in [0.15, 0.2) is 0 Å². The summed E-state index contributed by atoms with van der Waals surface area (Å²) in [5, 5.41) is 3.21. The van der Waals surface area contributed by atoms with Crippen LogP contribution < -0.4 is 14.4 Å². The first-order valence-corrected chi connectivity index (χ1v) is 11.4. The Hall–Kier alpha value is -2.74. The molecule has 3 aromatic carbocycles. The van der Waals surface area contributed by atoms with Gasteiger partial charge in [-0.15, -0.1) is 0 Å². The van der Waals surface area contributed by atoms with Gasteiger partial charge in [-0.25, -0.2) is 8.42 Å². The second kappa shape index (κ2) is 9.60. The number of carbonyl (C=O) groups is 1. The van der Waals surface area contributed by atoms with Crippen molar-refractivity contribution in [1.29, 1.82) is 0 Å². The summed E-state index contributed by atoms with van der Waals surface area (Å²) in [5.74, 6) is -0.0956. The predicted molar refractivity (Wildman–Crippen MR) is 124 cm³/mol. The van der Waals surface area contributed by atoms with E-state index < -0.39 is 22.5 Å². The zero-order chi connectivity index (χ0) is 22.6. The summed E-state index contributed by atoms with van der Waals surface area (Å²) in [6, 6.07) is 17.5. The fourth-order valence-corrected chi connectivity index (χ4v) is 4.90. The van der Waals surface area contributed by atoms with Crippen molar-refractivity contribution in [2.24, 2.45) is 0 Å². The maximum atomic E-state index is 13.4. The van der Waals surface area contributed by atoms with Gasteiger partial charge in [-0.1, -0.05) is 47.5 Å². The molecule has 31 heavy (non-hydrogen) atoms. The van der Waals surface area contributed by atoms with E-state index in [1.54, 1.807) is 30.3 Å². The van der Waals surface area contributed by atoms with E-state index in [9.17, 15) is 13.2 Å².